The Bertz CT molecular complexity index is 1020. The molecule has 4 saturated carbocycles. The zero-order chi connectivity index (χ0) is 30.1. The van der Waals surface area contributed by atoms with E-state index in [4.69, 9.17) is 0 Å². The normalized spacial score (nSPS) is 39.8. The minimum Gasteiger partial charge on any atom is -0.461 e. The minimum atomic E-state index is -7.79. The van der Waals surface area contributed by atoms with Crippen molar-refractivity contribution < 1.29 is 80.5 Å². The van der Waals surface area contributed by atoms with Crippen LogP contribution in [0.3, 0.4) is 0 Å². The highest BCUT2D eigenvalue weighted by atomic mass is 19.3. The molecule has 4 nitrogen and oxygen atoms in total. The van der Waals surface area contributed by atoms with Gasteiger partial charge in [0.05, 0.1) is 0 Å². The summed E-state index contributed by atoms with van der Waals surface area (Å²) in [6.07, 6.45) is 0. The van der Waals surface area contributed by atoms with Crippen LogP contribution in [0.25, 0.3) is 0 Å². The highest BCUT2D eigenvalue weighted by molar-refractivity contribution is 5.87. The van der Waals surface area contributed by atoms with Gasteiger partial charge in [0.1, 0.15) is 13.2 Å². The number of rotatable bonds is 6. The van der Waals surface area contributed by atoms with Gasteiger partial charge in [0.15, 0.2) is 0 Å². The number of hydrogen-bond donors (Lipinski definition) is 0. The average Bonchev–Trinajstić information content (AvgIpc) is 2.74. The summed E-state index contributed by atoms with van der Waals surface area (Å²) in [7, 11) is 0. The number of hydrogen-bond acceptors (Lipinski definition) is 4. The van der Waals surface area contributed by atoms with Crippen LogP contribution < -0.4 is 0 Å². The number of carbonyl (C=O) groups excluding carboxylic acids is 2. The van der Waals surface area contributed by atoms with Crippen LogP contribution in [0.15, 0.2) is 24.3 Å². The second kappa shape index (κ2) is 7.14. The molecule has 0 aromatic carbocycles. The van der Waals surface area contributed by atoms with Gasteiger partial charge in [-0.2, -0.15) is 8.78 Å². The summed E-state index contributed by atoms with van der Waals surface area (Å²) >= 11 is 0. The zero-order valence-electron chi connectivity index (χ0n) is 18.8. The molecule has 0 unspecified atom stereocenters. The smallest absolute Gasteiger partial charge is 0.338 e. The molecule has 0 N–H and O–H groups in total. The van der Waals surface area contributed by atoms with Crippen LogP contribution >= 0.6 is 0 Å². The Labute approximate surface area is 202 Å². The zero-order valence-corrected chi connectivity index (χ0v) is 18.8. The Morgan fingerprint density at radius 2 is 0.737 bits per heavy atom. The van der Waals surface area contributed by atoms with Crippen molar-refractivity contribution in [3.05, 3.63) is 24.3 Å². The second-order valence-electron chi connectivity index (χ2n) is 9.29. The molecule has 0 aliphatic heterocycles. The standard InChI is InChI=1S/C20H14F14O4/c1-7(2)9(35)37-5-11-15(23,24)12(6-38-10(36)8(3)4)18(29,30)13(21,16(11,25)26)20(33,34)14(22,17(11,27)28)19(12,31)32/h1,3,5-6H2,2,4H3. The molecule has 0 saturated heterocycles. The van der Waals surface area contributed by atoms with E-state index in [1.54, 1.807) is 0 Å². The first-order chi connectivity index (χ1) is 16.7. The fraction of sp³-hybridized carbons (Fsp3) is 0.700. The van der Waals surface area contributed by atoms with Gasteiger partial charge >= 0.3 is 52.9 Å². The summed E-state index contributed by atoms with van der Waals surface area (Å²) in [5.41, 5.74) is -30.3. The van der Waals surface area contributed by atoms with Gasteiger partial charge in [-0.1, -0.05) is 13.2 Å². The maximum Gasteiger partial charge on any atom is 0.338 e. The number of alkyl halides is 14. The van der Waals surface area contributed by atoms with Gasteiger partial charge in [-0.3, -0.25) is 0 Å². The van der Waals surface area contributed by atoms with Crippen molar-refractivity contribution >= 4 is 11.9 Å². The summed E-state index contributed by atoms with van der Waals surface area (Å²) in [6.45, 7) is -0.0234. The maximum absolute atomic E-state index is 15.8. The summed E-state index contributed by atoms with van der Waals surface area (Å²) in [4.78, 5) is 23.2. The fourth-order valence-corrected chi connectivity index (χ4v) is 5.28. The van der Waals surface area contributed by atoms with Crippen LogP contribution in [-0.4, -0.2) is 72.0 Å². The van der Waals surface area contributed by atoms with E-state index in [9.17, 15) is 18.4 Å². The Hall–Kier alpha value is -2.56. The van der Waals surface area contributed by atoms with E-state index in [-0.39, 0.29) is 0 Å². The van der Waals surface area contributed by atoms with Crippen molar-refractivity contribution in [1.82, 2.24) is 0 Å². The van der Waals surface area contributed by atoms with E-state index in [0.717, 1.165) is 0 Å². The monoisotopic (exact) mass is 584 g/mol. The molecule has 0 atom stereocenters. The molecule has 0 radical (unpaired) electrons. The van der Waals surface area contributed by atoms with Gasteiger partial charge in [0.2, 0.25) is 10.8 Å². The molecule has 0 aromatic heterocycles. The van der Waals surface area contributed by atoms with Crippen LogP contribution in [-0.2, 0) is 19.1 Å². The van der Waals surface area contributed by atoms with E-state index in [1.807, 2.05) is 0 Å². The highest BCUT2D eigenvalue weighted by Gasteiger charge is 3.21. The summed E-state index contributed by atoms with van der Waals surface area (Å²) < 4.78 is 222. The lowest BCUT2D eigenvalue weighted by Gasteiger charge is -2.76. The van der Waals surface area contributed by atoms with Gasteiger partial charge in [0.25, 0.3) is 5.92 Å². The van der Waals surface area contributed by atoms with Crippen LogP contribution in [0.4, 0.5) is 61.5 Å². The Balaban J connectivity index is 2.58. The van der Waals surface area contributed by atoms with Gasteiger partial charge in [-0.25, -0.2) is 62.3 Å². The van der Waals surface area contributed by atoms with Crippen LogP contribution in [0, 0.1) is 10.8 Å². The molecule has 38 heavy (non-hydrogen) atoms. The van der Waals surface area contributed by atoms with Crippen molar-refractivity contribution in [2.75, 3.05) is 13.2 Å². The quantitative estimate of drug-likeness (QED) is 0.236. The molecule has 4 aliphatic carbocycles. The molecular weight excluding hydrogens is 570 g/mol. The van der Waals surface area contributed by atoms with Crippen molar-refractivity contribution in [1.29, 1.82) is 0 Å². The molecule has 0 heterocycles. The van der Waals surface area contributed by atoms with E-state index in [2.05, 4.69) is 22.6 Å². The van der Waals surface area contributed by atoms with Gasteiger partial charge in [-0.05, 0) is 13.8 Å². The fourth-order valence-electron chi connectivity index (χ4n) is 5.28. The van der Waals surface area contributed by atoms with Crippen molar-refractivity contribution in [3.8, 4) is 0 Å². The average molecular weight is 584 g/mol. The molecule has 4 rings (SSSR count). The van der Waals surface area contributed by atoms with E-state index in [0.29, 0.717) is 13.8 Å². The first kappa shape index (κ1) is 30.0. The third-order valence-corrected chi connectivity index (χ3v) is 7.35. The lowest BCUT2D eigenvalue weighted by Crippen LogP contribution is -3.07. The van der Waals surface area contributed by atoms with Gasteiger partial charge in [0, 0.05) is 11.1 Å². The van der Waals surface area contributed by atoms with Crippen LogP contribution in [0.2, 0.25) is 0 Å². The molecule has 0 amide bonds. The minimum absolute atomic E-state index is 0.638. The second-order valence-corrected chi connectivity index (χ2v) is 9.29. The molecule has 0 spiro atoms. The highest BCUT2D eigenvalue weighted by Crippen LogP contribution is 2.92. The molecular formula is C20H14F14O4. The van der Waals surface area contributed by atoms with Crippen LogP contribution in [0.1, 0.15) is 13.8 Å². The first-order valence-electron chi connectivity index (χ1n) is 9.95. The predicted octanol–water partition coefficient (Wildman–Crippen LogP) is 5.47. The van der Waals surface area contributed by atoms with E-state index in [1.165, 1.54) is 0 Å². The molecule has 4 bridgehead atoms. The van der Waals surface area contributed by atoms with Crippen molar-refractivity contribution in [2.24, 2.45) is 10.8 Å². The van der Waals surface area contributed by atoms with E-state index >= 15 is 52.7 Å². The molecule has 4 fully saturated rings. The predicted molar refractivity (Wildman–Crippen MR) is 93.8 cm³/mol. The number of carbonyl (C=O) groups is 2. The Morgan fingerprint density at radius 1 is 0.500 bits per heavy atom. The first-order valence-corrected chi connectivity index (χ1v) is 9.95. The topological polar surface area (TPSA) is 52.6 Å². The van der Waals surface area contributed by atoms with Gasteiger partial charge < -0.3 is 9.47 Å². The largest absolute Gasteiger partial charge is 0.461 e. The molecule has 4 aliphatic rings. The lowest BCUT2D eigenvalue weighted by atomic mass is 9.33. The number of esters is 2. The SMILES string of the molecule is C=C(C)C(=O)OCC12C(F)(F)C3(F)C(F)(F)C(F)(C1(F)F)C(F)(F)C(COC(=O)C(=C)C)(C3(F)F)C2(F)F. The summed E-state index contributed by atoms with van der Waals surface area (Å²) in [6, 6.07) is 0. The maximum atomic E-state index is 15.8. The van der Waals surface area contributed by atoms with Crippen molar-refractivity contribution in [3.63, 3.8) is 0 Å². The van der Waals surface area contributed by atoms with Crippen LogP contribution in [0.5, 0.6) is 0 Å². The van der Waals surface area contributed by atoms with Crippen molar-refractivity contribution in [2.45, 2.75) is 60.7 Å². The Morgan fingerprint density at radius 3 is 0.947 bits per heavy atom. The summed E-state index contributed by atoms with van der Waals surface area (Å²) in [5.74, 6) is -49.4. The molecule has 18 heteroatoms. The molecule has 216 valence electrons. The Kier molecular flexibility index (Phi) is 5.64. The third kappa shape index (κ3) is 2.24. The lowest BCUT2D eigenvalue weighted by molar-refractivity contribution is -0.620. The van der Waals surface area contributed by atoms with Gasteiger partial charge in [-0.15, -0.1) is 0 Å². The molecule has 0 aromatic rings. The summed E-state index contributed by atoms with van der Waals surface area (Å²) in [5, 5.41) is 0. The van der Waals surface area contributed by atoms with E-state index < -0.39 is 94.0 Å². The third-order valence-electron chi connectivity index (χ3n) is 7.35. The number of ether oxygens (including phenoxy) is 2. The number of halogens is 14.